The van der Waals surface area contributed by atoms with Crippen LogP contribution in [-0.4, -0.2) is 53.9 Å². The standard InChI is InChI=1S/C48H46N8O2Si/c1-29-19-23-31(24-20-29)27-57-59(58-28-32-25-21-30(2)22-26-32)55-45-37-15-7-8-16-38(37)47(55)53-43-35-13-5-6-14-36(35)44(50-43)54-48-40-18-10-9-17-39(40)46(56(48)59)52-42-34-12-4-3-11-33(34)41(49-42)51-45/h3-18,29-32H,19-28H2,1-2H3/b51-41-,51-45?,52-42?,52-46-,53-43-,53-47?,54-44?,54-48-. The molecule has 0 N–H and O–H groups in total. The Morgan fingerprint density at radius 2 is 0.797 bits per heavy atom. The quantitative estimate of drug-likeness (QED) is 0.157. The molecule has 6 aliphatic rings. The SMILES string of the molecule is CC1CCC(CO[Si]2(OCC3CCC(C)CC3)n3c4c5ccccc5c3/N=C3N=C(/N=c5/c6ccccc6/c(n52)=N/C2=NC(=N\4)/c4ccccc42)c2ccccc2\3)CC1. The first kappa shape index (κ1) is 35.3. The average Bonchev–Trinajstić information content (AvgIpc) is 3.99. The van der Waals surface area contributed by atoms with Crippen LogP contribution in [0.2, 0.25) is 0 Å². The molecule has 2 aromatic heterocycles. The average molecular weight is 795 g/mol. The zero-order valence-corrected chi connectivity index (χ0v) is 34.5. The highest BCUT2D eigenvalue weighted by atomic mass is 28.4. The number of hydrogen-bond acceptors (Lipinski definition) is 8. The Labute approximate surface area is 343 Å². The summed E-state index contributed by atoms with van der Waals surface area (Å²) in [6.45, 7) is 5.83. The van der Waals surface area contributed by atoms with Gasteiger partial charge in [-0.25, -0.2) is 30.0 Å². The molecular formula is C48H46N8O2Si. The van der Waals surface area contributed by atoms with Crippen molar-refractivity contribution in [2.45, 2.75) is 65.2 Å². The number of fused-ring (bicyclic) bond motifs is 14. The number of aromatic nitrogens is 2. The maximum atomic E-state index is 7.90. The van der Waals surface area contributed by atoms with Gasteiger partial charge in [-0.2, -0.15) is 0 Å². The molecule has 6 bridgehead atoms. The summed E-state index contributed by atoms with van der Waals surface area (Å²) in [5.74, 6) is 6.07. The summed E-state index contributed by atoms with van der Waals surface area (Å²) in [6, 6.07) is 33.5. The molecule has 6 heterocycles. The number of benzene rings is 4. The Balaban J connectivity index is 1.26. The van der Waals surface area contributed by atoms with Gasteiger partial charge in [-0.15, -0.1) is 0 Å². The third-order valence-corrected chi connectivity index (χ3v) is 16.7. The van der Waals surface area contributed by atoms with E-state index in [1.54, 1.807) is 0 Å². The van der Waals surface area contributed by atoms with E-state index in [2.05, 4.69) is 95.1 Å². The topological polar surface area (TPSA) is 102 Å². The van der Waals surface area contributed by atoms with Crippen LogP contribution in [0.3, 0.4) is 0 Å². The highest BCUT2D eigenvalue weighted by Gasteiger charge is 2.53. The van der Waals surface area contributed by atoms with E-state index in [-0.39, 0.29) is 0 Å². The fourth-order valence-corrected chi connectivity index (χ4v) is 13.6. The van der Waals surface area contributed by atoms with Crippen molar-refractivity contribution in [1.29, 1.82) is 0 Å². The van der Waals surface area contributed by atoms with E-state index in [1.165, 1.54) is 25.7 Å². The summed E-state index contributed by atoms with van der Waals surface area (Å²) in [5.41, 5.74) is 5.18. The lowest BCUT2D eigenvalue weighted by Gasteiger charge is -2.37. The van der Waals surface area contributed by atoms with E-state index in [4.69, 9.17) is 38.8 Å². The Hall–Kier alpha value is -5.62. The third-order valence-electron chi connectivity index (χ3n) is 13.6. The zero-order chi connectivity index (χ0) is 39.2. The molecule has 0 unspecified atom stereocenters. The van der Waals surface area contributed by atoms with Crippen LogP contribution in [0.4, 0.5) is 11.6 Å². The molecule has 0 spiro atoms. The van der Waals surface area contributed by atoms with E-state index in [0.717, 1.165) is 81.3 Å². The van der Waals surface area contributed by atoms with Crippen molar-refractivity contribution in [3.8, 4) is 0 Å². The molecule has 2 aliphatic carbocycles. The Kier molecular flexibility index (Phi) is 8.22. The third kappa shape index (κ3) is 5.58. The predicted molar refractivity (Wildman–Crippen MR) is 235 cm³/mol. The molecule has 2 fully saturated rings. The lowest BCUT2D eigenvalue weighted by atomic mass is 9.83. The van der Waals surface area contributed by atoms with Crippen molar-refractivity contribution < 1.29 is 8.85 Å². The number of aliphatic imine (C=N–C) groups is 4. The normalized spacial score (nSPS) is 28.2. The highest BCUT2D eigenvalue weighted by molar-refractivity contribution is 6.66. The summed E-state index contributed by atoms with van der Waals surface area (Å²) in [7, 11) is -4.09. The van der Waals surface area contributed by atoms with E-state index in [1.807, 2.05) is 24.3 Å². The minimum absolute atomic E-state index is 0.382. The molecular weight excluding hydrogens is 749 g/mol. The molecule has 10 nitrogen and oxygen atoms in total. The monoisotopic (exact) mass is 794 g/mol. The smallest absolute Gasteiger partial charge is 0.361 e. The van der Waals surface area contributed by atoms with Gasteiger partial charge >= 0.3 is 8.88 Å². The lowest BCUT2D eigenvalue weighted by molar-refractivity contribution is 0.0867. The molecule has 0 saturated heterocycles. The second-order valence-corrected chi connectivity index (χ2v) is 20.1. The number of rotatable bonds is 6. The van der Waals surface area contributed by atoms with Crippen LogP contribution in [0.15, 0.2) is 127 Å². The maximum Gasteiger partial charge on any atom is 0.603 e. The molecule has 4 aromatic carbocycles. The van der Waals surface area contributed by atoms with Crippen LogP contribution >= 0.6 is 0 Å². The second kappa shape index (κ2) is 13.7. The minimum atomic E-state index is -4.09. The van der Waals surface area contributed by atoms with Gasteiger partial charge < -0.3 is 8.85 Å². The maximum absolute atomic E-state index is 7.90. The van der Waals surface area contributed by atoms with Crippen molar-refractivity contribution in [3.63, 3.8) is 0 Å². The molecule has 0 amide bonds. The van der Waals surface area contributed by atoms with Crippen molar-refractivity contribution >= 4 is 65.4 Å². The minimum Gasteiger partial charge on any atom is -0.361 e. The van der Waals surface area contributed by atoms with Crippen LogP contribution < -0.4 is 11.0 Å². The highest BCUT2D eigenvalue weighted by Crippen LogP contribution is 2.44. The van der Waals surface area contributed by atoms with Gasteiger partial charge in [0.25, 0.3) is 0 Å². The molecule has 2 saturated carbocycles. The van der Waals surface area contributed by atoms with Gasteiger partial charge in [0.05, 0.1) is 0 Å². The molecule has 12 rings (SSSR count). The molecule has 59 heavy (non-hydrogen) atoms. The fraction of sp³-hybridized carbons (Fsp3) is 0.333. The van der Waals surface area contributed by atoms with Crippen molar-refractivity contribution in [1.82, 2.24) is 8.47 Å². The summed E-state index contributed by atoms with van der Waals surface area (Å²) < 4.78 is 20.3. The zero-order valence-electron chi connectivity index (χ0n) is 33.5. The van der Waals surface area contributed by atoms with Crippen molar-refractivity contribution in [2.24, 2.45) is 53.6 Å². The van der Waals surface area contributed by atoms with Crippen LogP contribution in [0.1, 0.15) is 87.5 Å². The van der Waals surface area contributed by atoms with Crippen LogP contribution in [0, 0.1) is 23.7 Å². The first-order valence-corrected chi connectivity index (χ1v) is 23.3. The molecule has 6 aromatic rings. The van der Waals surface area contributed by atoms with Gasteiger partial charge in [0, 0.05) is 57.0 Å². The van der Waals surface area contributed by atoms with Crippen LogP contribution in [0.5, 0.6) is 0 Å². The first-order valence-electron chi connectivity index (χ1n) is 21.6. The number of nitrogens with zero attached hydrogens (tertiary/aromatic N) is 8. The van der Waals surface area contributed by atoms with Gasteiger partial charge in [-0.1, -0.05) is 137 Å². The lowest BCUT2D eigenvalue weighted by Crippen LogP contribution is -2.64. The summed E-state index contributed by atoms with van der Waals surface area (Å²) in [6.07, 6.45) is 9.24. The summed E-state index contributed by atoms with van der Waals surface area (Å²) in [4.78, 5) is 32.9. The largest absolute Gasteiger partial charge is 0.603 e. The first-order chi connectivity index (χ1) is 29.0. The molecule has 4 aliphatic heterocycles. The number of amidine groups is 4. The number of hydrogen-bond donors (Lipinski definition) is 0. The van der Waals surface area contributed by atoms with Crippen molar-refractivity contribution in [3.05, 3.63) is 130 Å². The van der Waals surface area contributed by atoms with Gasteiger partial charge in [0.2, 0.25) is 0 Å². The van der Waals surface area contributed by atoms with E-state index in [9.17, 15) is 0 Å². The second-order valence-electron chi connectivity index (χ2n) is 17.5. The van der Waals surface area contributed by atoms with E-state index >= 15 is 0 Å². The summed E-state index contributed by atoms with van der Waals surface area (Å²) in [5, 5.41) is 3.80. The summed E-state index contributed by atoms with van der Waals surface area (Å²) >= 11 is 0. The van der Waals surface area contributed by atoms with Gasteiger partial charge in [-0.3, -0.25) is 8.47 Å². The molecule has 0 radical (unpaired) electrons. The van der Waals surface area contributed by atoms with Crippen molar-refractivity contribution in [2.75, 3.05) is 13.2 Å². The predicted octanol–water partition coefficient (Wildman–Crippen LogP) is 9.06. The molecule has 11 heteroatoms. The van der Waals surface area contributed by atoms with Gasteiger partial charge in [0.1, 0.15) is 22.6 Å². The molecule has 0 atom stereocenters. The Morgan fingerprint density at radius 1 is 0.441 bits per heavy atom. The van der Waals surface area contributed by atoms with E-state index < -0.39 is 8.88 Å². The Morgan fingerprint density at radius 3 is 1.20 bits per heavy atom. The molecule has 294 valence electrons. The van der Waals surface area contributed by atoms with Gasteiger partial charge in [0.15, 0.2) is 23.3 Å². The van der Waals surface area contributed by atoms with Crippen LogP contribution in [0.25, 0.3) is 21.5 Å². The fourth-order valence-electron chi connectivity index (χ4n) is 10.2. The Bertz CT molecular complexity index is 2780. The van der Waals surface area contributed by atoms with Gasteiger partial charge in [-0.05, 0) is 49.4 Å². The van der Waals surface area contributed by atoms with E-state index in [0.29, 0.717) is 71.0 Å². The van der Waals surface area contributed by atoms with Crippen LogP contribution in [-0.2, 0) is 8.85 Å².